The fourth-order valence-electron chi connectivity index (χ4n) is 4.10. The normalized spacial score (nSPS) is 11.3. The molecule has 0 aliphatic heterocycles. The molecule has 0 fully saturated rings. The second-order valence-electron chi connectivity index (χ2n) is 9.57. The van der Waals surface area contributed by atoms with Gasteiger partial charge in [0, 0.05) is 5.41 Å². The van der Waals surface area contributed by atoms with Crippen molar-refractivity contribution in [1.82, 2.24) is 0 Å². The Morgan fingerprint density at radius 2 is 0.897 bits per heavy atom. The van der Waals surface area contributed by atoms with Crippen LogP contribution in [0.15, 0.2) is 90.7 Å². The number of carbonyl (C=O) groups excluding carboxylic acids is 2. The smallest absolute Gasteiger partial charge is 0.343 e. The lowest BCUT2D eigenvalue weighted by Crippen LogP contribution is -2.20. The Hall–Kier alpha value is -2.26. The predicted octanol–water partition coefficient (Wildman–Crippen LogP) is 10.1. The third-order valence-electron chi connectivity index (χ3n) is 6.56. The molecule has 0 N–H and O–H groups in total. The maximum Gasteiger partial charge on any atom is 0.343 e. The highest BCUT2D eigenvalue weighted by atomic mass is 79.9. The number of rotatable bonds is 6. The highest BCUT2D eigenvalue weighted by molar-refractivity contribution is 9.11. The molecular formula is C31H24Br4O4. The van der Waals surface area contributed by atoms with Crippen molar-refractivity contribution in [2.75, 3.05) is 0 Å². The topological polar surface area (TPSA) is 52.6 Å². The first-order valence-electron chi connectivity index (χ1n) is 11.9. The van der Waals surface area contributed by atoms with Gasteiger partial charge in [-0.1, -0.05) is 50.2 Å². The van der Waals surface area contributed by atoms with Crippen molar-refractivity contribution >= 4 is 75.7 Å². The van der Waals surface area contributed by atoms with Crippen LogP contribution < -0.4 is 9.47 Å². The standard InChI is InChI=1S/C31H24Br4O4/c1-17-9-5-7-11-21(17)29(36)38-27-23(32)13-19(14-24(27)33)31(3,4)20-15-25(34)28(26(35)16-20)39-30(37)22-12-8-6-10-18(22)2/h5-16H,1-4H3. The highest BCUT2D eigenvalue weighted by Gasteiger charge is 2.28. The summed E-state index contributed by atoms with van der Waals surface area (Å²) >= 11 is 14.4. The fraction of sp³-hybridized carbons (Fsp3) is 0.161. The number of hydrogen-bond acceptors (Lipinski definition) is 4. The Bertz CT molecular complexity index is 1430. The van der Waals surface area contributed by atoms with Gasteiger partial charge in [-0.05, 0) is 136 Å². The first kappa shape index (κ1) is 29.7. The highest BCUT2D eigenvalue weighted by Crippen LogP contribution is 2.44. The second-order valence-corrected chi connectivity index (χ2v) is 13.0. The number of hydrogen-bond donors (Lipinski definition) is 0. The maximum absolute atomic E-state index is 12.8. The van der Waals surface area contributed by atoms with E-state index in [0.29, 0.717) is 40.5 Å². The van der Waals surface area contributed by atoms with Crippen molar-refractivity contribution in [1.29, 1.82) is 0 Å². The average Bonchev–Trinajstić information content (AvgIpc) is 2.88. The zero-order valence-electron chi connectivity index (χ0n) is 21.6. The molecule has 0 amide bonds. The minimum Gasteiger partial charge on any atom is -0.420 e. The van der Waals surface area contributed by atoms with E-state index in [1.807, 2.05) is 74.5 Å². The summed E-state index contributed by atoms with van der Waals surface area (Å²) in [5.74, 6) is -0.0392. The van der Waals surface area contributed by atoms with Gasteiger partial charge in [0.1, 0.15) is 0 Å². The van der Waals surface area contributed by atoms with E-state index in [0.717, 1.165) is 22.3 Å². The molecule has 4 aromatic rings. The van der Waals surface area contributed by atoms with Crippen molar-refractivity contribution in [3.63, 3.8) is 0 Å². The van der Waals surface area contributed by atoms with Gasteiger partial charge in [0.15, 0.2) is 11.5 Å². The van der Waals surface area contributed by atoms with Crippen LogP contribution in [0.4, 0.5) is 0 Å². The number of benzene rings is 4. The van der Waals surface area contributed by atoms with E-state index in [1.54, 1.807) is 12.1 Å². The Morgan fingerprint density at radius 3 is 1.21 bits per heavy atom. The van der Waals surface area contributed by atoms with Crippen LogP contribution in [-0.2, 0) is 5.41 Å². The van der Waals surface area contributed by atoms with Crippen LogP contribution in [0.5, 0.6) is 11.5 Å². The first-order valence-corrected chi connectivity index (χ1v) is 15.1. The number of ether oxygens (including phenoxy) is 2. The first-order chi connectivity index (χ1) is 18.4. The molecule has 4 aromatic carbocycles. The average molecular weight is 780 g/mol. The lowest BCUT2D eigenvalue weighted by atomic mass is 9.78. The van der Waals surface area contributed by atoms with E-state index in [1.165, 1.54) is 0 Å². The van der Waals surface area contributed by atoms with E-state index in [-0.39, 0.29) is 0 Å². The van der Waals surface area contributed by atoms with E-state index in [9.17, 15) is 9.59 Å². The van der Waals surface area contributed by atoms with Crippen LogP contribution >= 0.6 is 63.7 Å². The van der Waals surface area contributed by atoms with Crippen LogP contribution in [0.1, 0.15) is 56.8 Å². The maximum atomic E-state index is 12.8. The fourth-order valence-corrected chi connectivity index (χ4v) is 6.80. The van der Waals surface area contributed by atoms with Crippen molar-refractivity contribution in [2.45, 2.75) is 33.1 Å². The molecule has 0 heterocycles. The predicted molar refractivity (Wildman–Crippen MR) is 168 cm³/mol. The monoisotopic (exact) mass is 776 g/mol. The van der Waals surface area contributed by atoms with Gasteiger partial charge in [0.25, 0.3) is 0 Å². The zero-order valence-corrected chi connectivity index (χ0v) is 27.9. The largest absolute Gasteiger partial charge is 0.420 e. The molecule has 0 spiro atoms. The number of aryl methyl sites for hydroxylation is 2. The summed E-state index contributed by atoms with van der Waals surface area (Å²) in [6.07, 6.45) is 0. The molecule has 0 aliphatic rings. The van der Waals surface area contributed by atoms with E-state index in [4.69, 9.17) is 9.47 Å². The summed E-state index contributed by atoms with van der Waals surface area (Å²) in [6.45, 7) is 7.93. The Balaban J connectivity index is 1.62. The van der Waals surface area contributed by atoms with E-state index in [2.05, 4.69) is 77.6 Å². The quantitative estimate of drug-likeness (QED) is 0.145. The molecule has 200 valence electrons. The summed E-state index contributed by atoms with van der Waals surface area (Å²) in [5.41, 5.74) is 4.19. The summed E-state index contributed by atoms with van der Waals surface area (Å²) in [5, 5.41) is 0. The van der Waals surface area contributed by atoms with Crippen molar-refractivity contribution in [3.05, 3.63) is 124 Å². The van der Waals surface area contributed by atoms with E-state index >= 15 is 0 Å². The Labute approximate surface area is 261 Å². The summed E-state index contributed by atoms with van der Waals surface area (Å²) < 4.78 is 14.1. The molecular weight excluding hydrogens is 756 g/mol. The molecule has 0 bridgehead atoms. The minimum absolute atomic E-state index is 0.406. The molecule has 0 aromatic heterocycles. The molecule has 0 saturated carbocycles. The van der Waals surface area contributed by atoms with Crippen molar-refractivity contribution < 1.29 is 19.1 Å². The van der Waals surface area contributed by atoms with Gasteiger partial charge in [-0.25, -0.2) is 9.59 Å². The Morgan fingerprint density at radius 1 is 0.590 bits per heavy atom. The van der Waals surface area contributed by atoms with Crippen LogP contribution in [-0.4, -0.2) is 11.9 Å². The number of halogens is 4. The number of esters is 2. The van der Waals surface area contributed by atoms with Gasteiger partial charge in [-0.3, -0.25) is 0 Å². The molecule has 4 nitrogen and oxygen atoms in total. The molecule has 0 saturated heterocycles. The van der Waals surface area contributed by atoms with Gasteiger partial charge < -0.3 is 9.47 Å². The lowest BCUT2D eigenvalue weighted by Gasteiger charge is -2.28. The van der Waals surface area contributed by atoms with Gasteiger partial charge >= 0.3 is 11.9 Å². The molecule has 8 heteroatoms. The van der Waals surface area contributed by atoms with Gasteiger partial charge in [0.05, 0.1) is 29.0 Å². The molecule has 0 aliphatic carbocycles. The third-order valence-corrected chi connectivity index (χ3v) is 8.92. The number of carbonyl (C=O) groups is 2. The lowest BCUT2D eigenvalue weighted by molar-refractivity contribution is 0.0722. The Kier molecular flexibility index (Phi) is 9.21. The second kappa shape index (κ2) is 12.1. The molecule has 39 heavy (non-hydrogen) atoms. The molecule has 0 radical (unpaired) electrons. The van der Waals surface area contributed by atoms with Crippen molar-refractivity contribution in [2.24, 2.45) is 0 Å². The minimum atomic E-state index is -0.465. The van der Waals surface area contributed by atoms with Crippen LogP contribution in [0.2, 0.25) is 0 Å². The van der Waals surface area contributed by atoms with Gasteiger partial charge in [0.2, 0.25) is 0 Å². The SMILES string of the molecule is Cc1ccccc1C(=O)Oc1c(Br)cc(C(C)(C)c2cc(Br)c(OC(=O)c3ccccc3C)c(Br)c2)cc1Br. The summed E-state index contributed by atoms with van der Waals surface area (Å²) in [4.78, 5) is 25.6. The van der Waals surface area contributed by atoms with E-state index < -0.39 is 17.4 Å². The van der Waals surface area contributed by atoms with Crippen LogP contribution in [0.3, 0.4) is 0 Å². The molecule has 0 unspecified atom stereocenters. The van der Waals surface area contributed by atoms with Gasteiger partial charge in [-0.15, -0.1) is 0 Å². The summed E-state index contributed by atoms with van der Waals surface area (Å²) in [6, 6.07) is 22.4. The van der Waals surface area contributed by atoms with Gasteiger partial charge in [-0.2, -0.15) is 0 Å². The van der Waals surface area contributed by atoms with Crippen LogP contribution in [0.25, 0.3) is 0 Å². The third kappa shape index (κ3) is 6.40. The molecule has 0 atom stereocenters. The molecule has 4 rings (SSSR count). The van der Waals surface area contributed by atoms with Crippen molar-refractivity contribution in [3.8, 4) is 11.5 Å². The summed E-state index contributed by atoms with van der Waals surface area (Å²) in [7, 11) is 0. The zero-order chi connectivity index (χ0) is 28.5. The van der Waals surface area contributed by atoms with Crippen LogP contribution in [0, 0.1) is 13.8 Å².